The molecule has 0 aliphatic carbocycles. The lowest BCUT2D eigenvalue weighted by molar-refractivity contribution is -0.137. The number of nitrogens with one attached hydrogen (secondary N) is 1. The highest BCUT2D eigenvalue weighted by Gasteiger charge is 2.40. The Labute approximate surface area is 359 Å². The van der Waals surface area contributed by atoms with Gasteiger partial charge in [-0.3, -0.25) is 34.3 Å². The van der Waals surface area contributed by atoms with Crippen LogP contribution in [0.2, 0.25) is 0 Å². The Morgan fingerprint density at radius 3 is 2.50 bits per heavy atom. The third-order valence-electron chi connectivity index (χ3n) is 13.3. The molecule has 1 unspecified atom stereocenters. The number of ether oxygens (including phenoxy) is 2. The van der Waals surface area contributed by atoms with E-state index >= 15 is 0 Å². The number of likely N-dealkylation sites (tertiary alicyclic amines) is 1. The van der Waals surface area contributed by atoms with Crippen molar-refractivity contribution < 1.29 is 33.4 Å². The molecule has 0 radical (unpaired) electrons. The maximum atomic E-state index is 13.7. The number of nitrogens with zero attached hydrogens (tertiary/aromatic N) is 6. The minimum atomic E-state index is -0.708. The predicted molar refractivity (Wildman–Crippen MR) is 229 cm³/mol. The number of imide groups is 1. The molecule has 5 aromatic rings. The number of fused-ring (bicyclic) bond motifs is 3. The van der Waals surface area contributed by atoms with E-state index in [1.807, 2.05) is 46.3 Å². The first kappa shape index (κ1) is 39.7. The summed E-state index contributed by atoms with van der Waals surface area (Å²) < 4.78 is 14.5. The summed E-state index contributed by atoms with van der Waals surface area (Å²) in [7, 11) is 0. The first-order valence-corrected chi connectivity index (χ1v) is 21.8. The van der Waals surface area contributed by atoms with Crippen LogP contribution >= 0.6 is 0 Å². The number of carbonyl (C=O) groups excluding carboxylic acids is 5. The highest BCUT2D eigenvalue weighted by Crippen LogP contribution is 2.38. The Bertz CT molecular complexity index is 2620. The monoisotopic (exact) mass is 835 g/mol. The van der Waals surface area contributed by atoms with E-state index in [4.69, 9.17) is 19.4 Å². The van der Waals surface area contributed by atoms with Gasteiger partial charge in [-0.2, -0.15) is 0 Å². The van der Waals surface area contributed by atoms with E-state index in [2.05, 4.69) is 34.1 Å². The molecule has 14 heteroatoms. The zero-order valence-electron chi connectivity index (χ0n) is 34.8. The second-order valence-electron chi connectivity index (χ2n) is 17.1. The SMILES string of the molecule is CC(=O)N1CCn2c(C3CCOCC3)nc(-c3cccc4cc(-c5ccc(O[C@H]6CCCN(C(=O)Cc7cccc8c7CN(C7CCC(=O)NC7=O)C8=O)C6)cc5)ncc34)c2C1. The van der Waals surface area contributed by atoms with E-state index in [1.165, 1.54) is 4.90 Å². The Morgan fingerprint density at radius 2 is 1.69 bits per heavy atom. The van der Waals surface area contributed by atoms with Crippen LogP contribution < -0.4 is 10.1 Å². The molecule has 0 spiro atoms. The number of benzene rings is 3. The molecule has 5 aliphatic heterocycles. The van der Waals surface area contributed by atoms with Crippen LogP contribution in [0.3, 0.4) is 0 Å². The lowest BCUT2D eigenvalue weighted by Crippen LogP contribution is -2.52. The molecule has 5 aliphatic rings. The Balaban J connectivity index is 0.813. The fourth-order valence-corrected chi connectivity index (χ4v) is 9.93. The molecule has 14 nitrogen and oxygen atoms in total. The molecule has 3 saturated heterocycles. The molecule has 0 saturated carbocycles. The lowest BCUT2D eigenvalue weighted by atomic mass is 9.99. The summed E-state index contributed by atoms with van der Waals surface area (Å²) in [4.78, 5) is 79.3. The van der Waals surface area contributed by atoms with Crippen LogP contribution in [0.4, 0.5) is 0 Å². The van der Waals surface area contributed by atoms with Crippen LogP contribution in [0.1, 0.15) is 84.4 Å². The van der Waals surface area contributed by atoms with Gasteiger partial charge in [-0.15, -0.1) is 0 Å². The van der Waals surface area contributed by atoms with Gasteiger partial charge in [0, 0.05) is 86.9 Å². The maximum Gasteiger partial charge on any atom is 0.255 e. The van der Waals surface area contributed by atoms with E-state index in [9.17, 15) is 24.0 Å². The summed E-state index contributed by atoms with van der Waals surface area (Å²) in [6, 6.07) is 21.0. The summed E-state index contributed by atoms with van der Waals surface area (Å²) >= 11 is 0. The first-order chi connectivity index (χ1) is 30.2. The van der Waals surface area contributed by atoms with E-state index in [1.54, 1.807) is 19.1 Å². The van der Waals surface area contributed by atoms with Gasteiger partial charge in [0.1, 0.15) is 23.7 Å². The van der Waals surface area contributed by atoms with Crippen molar-refractivity contribution in [3.8, 4) is 28.3 Å². The van der Waals surface area contributed by atoms with E-state index in [0.717, 1.165) is 101 Å². The van der Waals surface area contributed by atoms with E-state index in [0.29, 0.717) is 43.4 Å². The molecule has 2 aromatic heterocycles. The van der Waals surface area contributed by atoms with E-state index < -0.39 is 11.9 Å². The van der Waals surface area contributed by atoms with Crippen molar-refractivity contribution in [1.82, 2.24) is 34.6 Å². The molecule has 1 N–H and O–H groups in total. The molecule has 5 amide bonds. The van der Waals surface area contributed by atoms with Crippen molar-refractivity contribution >= 4 is 40.3 Å². The molecular weight excluding hydrogens is 787 g/mol. The van der Waals surface area contributed by atoms with Crippen molar-refractivity contribution in [3.05, 3.63) is 101 Å². The first-order valence-electron chi connectivity index (χ1n) is 21.8. The molecule has 2 atom stereocenters. The smallest absolute Gasteiger partial charge is 0.255 e. The molecule has 62 heavy (non-hydrogen) atoms. The van der Waals surface area contributed by atoms with Crippen molar-refractivity contribution in [2.45, 2.75) is 89.6 Å². The third-order valence-corrected chi connectivity index (χ3v) is 13.3. The van der Waals surface area contributed by atoms with Crippen LogP contribution in [0.5, 0.6) is 5.75 Å². The Kier molecular flexibility index (Phi) is 10.5. The number of carbonyl (C=O) groups is 5. The minimum absolute atomic E-state index is 0.0370. The Morgan fingerprint density at radius 1 is 0.887 bits per heavy atom. The van der Waals surface area contributed by atoms with Crippen LogP contribution in [0.15, 0.2) is 72.9 Å². The van der Waals surface area contributed by atoms with Crippen molar-refractivity contribution in [2.75, 3.05) is 32.8 Å². The highest BCUT2D eigenvalue weighted by atomic mass is 16.5. The number of pyridine rings is 1. The summed E-state index contributed by atoms with van der Waals surface area (Å²) in [5.41, 5.74) is 6.83. The quantitative estimate of drug-likeness (QED) is 0.203. The van der Waals surface area contributed by atoms with Gasteiger partial charge in [0.25, 0.3) is 5.91 Å². The zero-order valence-corrected chi connectivity index (χ0v) is 34.8. The predicted octanol–water partition coefficient (Wildman–Crippen LogP) is 5.39. The van der Waals surface area contributed by atoms with Gasteiger partial charge < -0.3 is 28.7 Å². The van der Waals surface area contributed by atoms with Gasteiger partial charge in [0.05, 0.1) is 36.6 Å². The fraction of sp³-hybridized carbons (Fsp3) is 0.396. The molecular formula is C48H49N7O7. The molecule has 318 valence electrons. The van der Waals surface area contributed by atoms with Crippen molar-refractivity contribution in [1.29, 1.82) is 0 Å². The topological polar surface area (TPSA) is 156 Å². The van der Waals surface area contributed by atoms with Crippen LogP contribution in [0, 0.1) is 0 Å². The van der Waals surface area contributed by atoms with Gasteiger partial charge in [0.2, 0.25) is 23.6 Å². The van der Waals surface area contributed by atoms with Crippen LogP contribution in [0.25, 0.3) is 33.3 Å². The number of amides is 5. The largest absolute Gasteiger partial charge is 0.489 e. The average molecular weight is 836 g/mol. The fourth-order valence-electron chi connectivity index (χ4n) is 9.93. The van der Waals surface area contributed by atoms with Crippen LogP contribution in [-0.4, -0.2) is 104 Å². The van der Waals surface area contributed by atoms with Gasteiger partial charge in [-0.25, -0.2) is 4.98 Å². The molecule has 0 bridgehead atoms. The normalized spacial score (nSPS) is 20.6. The minimum Gasteiger partial charge on any atom is -0.489 e. The molecule has 10 rings (SSSR count). The van der Waals surface area contributed by atoms with Crippen molar-refractivity contribution in [2.24, 2.45) is 0 Å². The number of hydrogen-bond donors (Lipinski definition) is 1. The summed E-state index contributed by atoms with van der Waals surface area (Å²) in [6.45, 7) is 6.34. The summed E-state index contributed by atoms with van der Waals surface area (Å²) in [5, 5.41) is 4.40. The second-order valence-corrected chi connectivity index (χ2v) is 17.1. The number of rotatable bonds is 8. The maximum absolute atomic E-state index is 13.7. The zero-order chi connectivity index (χ0) is 42.5. The van der Waals surface area contributed by atoms with Gasteiger partial charge in [-0.05, 0) is 85.0 Å². The number of hydrogen-bond acceptors (Lipinski definition) is 9. The van der Waals surface area contributed by atoms with Gasteiger partial charge >= 0.3 is 0 Å². The van der Waals surface area contributed by atoms with Gasteiger partial charge in [0.15, 0.2) is 0 Å². The number of imidazole rings is 1. The van der Waals surface area contributed by atoms with Gasteiger partial charge in [-0.1, -0.05) is 30.3 Å². The number of piperidine rings is 2. The second kappa shape index (κ2) is 16.5. The highest BCUT2D eigenvalue weighted by molar-refractivity contribution is 6.05. The van der Waals surface area contributed by atoms with Crippen molar-refractivity contribution in [3.63, 3.8) is 0 Å². The molecule has 3 aromatic carbocycles. The molecule has 3 fully saturated rings. The third kappa shape index (κ3) is 7.50. The molecule has 7 heterocycles. The Hall–Kier alpha value is -6.41. The van der Waals surface area contributed by atoms with E-state index in [-0.39, 0.29) is 55.5 Å². The van der Waals surface area contributed by atoms with Crippen LogP contribution in [-0.2, 0) is 50.0 Å². The lowest BCUT2D eigenvalue weighted by Gasteiger charge is -2.33. The summed E-state index contributed by atoms with van der Waals surface area (Å²) in [5.74, 6) is 1.13. The summed E-state index contributed by atoms with van der Waals surface area (Å²) in [6.07, 6.45) is 5.87. The number of aromatic nitrogens is 3. The standard InChI is InChI=1S/C48H49N7O7/c1-29(56)52-19-20-54-42(28-52)45(51-46(54)31-16-21-61-22-17-31)36-8-2-5-32-23-40(49-25-38(32)36)30-10-12-34(13-11-30)62-35-7-4-18-53(26-35)44(58)24-33-6-3-9-37-39(33)27-55(48(37)60)41-14-15-43(57)50-47(41)59/h2-3,5-6,8-13,23,25,31,35,41H,4,7,14-22,24,26-28H2,1H3,(H,50,57,59)/t35-,41?/m0/s1. The average Bonchev–Trinajstić information content (AvgIpc) is 3.84.